The van der Waals surface area contributed by atoms with E-state index in [4.69, 9.17) is 14.1 Å². The molecule has 0 radical (unpaired) electrons. The summed E-state index contributed by atoms with van der Waals surface area (Å²) in [5.74, 6) is 3.03. The predicted molar refractivity (Wildman–Crippen MR) is 174 cm³/mol. The van der Waals surface area contributed by atoms with Crippen molar-refractivity contribution in [3.63, 3.8) is 0 Å². The molecule has 7 nitrogen and oxygen atoms in total. The summed E-state index contributed by atoms with van der Waals surface area (Å²) in [4.78, 5) is 22.7. The third kappa shape index (κ3) is 6.88. The van der Waals surface area contributed by atoms with Crippen LogP contribution < -0.4 is 10.6 Å². The second kappa shape index (κ2) is 12.7. The fourth-order valence-corrected chi connectivity index (χ4v) is 7.48. The monoisotopic (exact) mass is 598 g/mol. The van der Waals surface area contributed by atoms with Gasteiger partial charge in [0.15, 0.2) is 5.76 Å². The summed E-state index contributed by atoms with van der Waals surface area (Å²) < 4.78 is 11.9. The number of nitrogens with zero attached hydrogens (tertiary/aromatic N) is 2. The van der Waals surface area contributed by atoms with E-state index in [-0.39, 0.29) is 28.9 Å². The number of aromatic nitrogens is 2. The molecule has 2 N–H and O–H groups in total. The fraction of sp³-hybridized carbons (Fsp3) is 0.595. The van der Waals surface area contributed by atoms with Gasteiger partial charge in [-0.3, -0.25) is 4.79 Å². The number of carbonyl (C=O) groups excluding carboxylic acids is 1. The molecule has 3 aliphatic rings. The summed E-state index contributed by atoms with van der Waals surface area (Å²) in [6.07, 6.45) is 12.4. The van der Waals surface area contributed by atoms with Gasteiger partial charge in [0.25, 0.3) is 5.91 Å². The summed E-state index contributed by atoms with van der Waals surface area (Å²) in [6.45, 7) is 13.3. The molecule has 3 aromatic rings. The first-order chi connectivity index (χ1) is 21.1. The molecule has 0 spiro atoms. The number of hydrogen-bond acceptors (Lipinski definition) is 6. The first-order valence-electron chi connectivity index (χ1n) is 16.8. The predicted octanol–water partition coefficient (Wildman–Crippen LogP) is 7.44. The third-order valence-corrected chi connectivity index (χ3v) is 10.5. The van der Waals surface area contributed by atoms with Crippen molar-refractivity contribution < 1.29 is 13.9 Å². The normalized spacial score (nSPS) is 24.1. The molecule has 1 aromatic carbocycles. The standard InChI is InChI=1S/C37H50N4O3/c1-24-19-29-30(37(4,5)16-15-36(29,2)3)21-26(24)20-27-12-13-32(44-27)35(42)40-31-11-7-6-9-25(31)22-34-38-17-14-33(41-34)39-23-28-10-8-18-43-28/h12-14,17,19,21,25,28,31H,6-11,15-16,18,20,22-23H2,1-5H3,(H,40,42)(H,38,39,41). The van der Waals surface area contributed by atoms with Crippen molar-refractivity contribution >= 4 is 11.7 Å². The number of nitrogens with one attached hydrogen (secondary N) is 2. The van der Waals surface area contributed by atoms with Crippen molar-refractivity contribution in [2.45, 2.75) is 122 Å². The summed E-state index contributed by atoms with van der Waals surface area (Å²) in [5, 5.41) is 6.73. The number of fused-ring (bicyclic) bond motifs is 1. The molecule has 1 aliphatic heterocycles. The summed E-state index contributed by atoms with van der Waals surface area (Å²) >= 11 is 0. The van der Waals surface area contributed by atoms with Gasteiger partial charge < -0.3 is 19.8 Å². The Morgan fingerprint density at radius 2 is 1.75 bits per heavy atom. The number of hydrogen-bond donors (Lipinski definition) is 2. The van der Waals surface area contributed by atoms with Gasteiger partial charge in [-0.05, 0) is 103 Å². The molecule has 3 heterocycles. The highest BCUT2D eigenvalue weighted by Gasteiger charge is 2.37. The Labute approximate surface area is 263 Å². The average molecular weight is 599 g/mol. The molecular weight excluding hydrogens is 548 g/mol. The Bertz CT molecular complexity index is 1470. The zero-order chi connectivity index (χ0) is 30.9. The van der Waals surface area contributed by atoms with Gasteiger partial charge in [0.05, 0.1) is 6.10 Å². The van der Waals surface area contributed by atoms with Crippen LogP contribution in [0.2, 0.25) is 0 Å². The molecule has 2 aromatic heterocycles. The zero-order valence-corrected chi connectivity index (χ0v) is 27.3. The molecule has 1 saturated heterocycles. The molecule has 236 valence electrons. The maximum absolute atomic E-state index is 13.4. The number of benzene rings is 1. The van der Waals surface area contributed by atoms with Gasteiger partial charge in [0, 0.05) is 38.2 Å². The quantitative estimate of drug-likeness (QED) is 0.266. The summed E-state index contributed by atoms with van der Waals surface area (Å²) in [6, 6.07) is 10.6. The number of carbonyl (C=O) groups is 1. The molecule has 44 heavy (non-hydrogen) atoms. The minimum absolute atomic E-state index is 0.0744. The molecule has 3 atom stereocenters. The van der Waals surface area contributed by atoms with Crippen LogP contribution in [0.1, 0.15) is 123 Å². The molecule has 7 heteroatoms. The van der Waals surface area contributed by atoms with E-state index in [1.807, 2.05) is 24.4 Å². The SMILES string of the molecule is Cc1cc2c(cc1Cc1ccc(C(=O)NC3CCCCC3Cc3nccc(NCC4CCCO4)n3)o1)C(C)(C)CCC2(C)C. The molecule has 1 amide bonds. The Morgan fingerprint density at radius 1 is 0.977 bits per heavy atom. The van der Waals surface area contributed by atoms with Gasteiger partial charge in [0.1, 0.15) is 17.4 Å². The van der Waals surface area contributed by atoms with E-state index in [0.29, 0.717) is 18.1 Å². The molecular formula is C37H50N4O3. The number of rotatable bonds is 9. The molecule has 2 aliphatic carbocycles. The van der Waals surface area contributed by atoms with Gasteiger partial charge in [-0.2, -0.15) is 0 Å². The lowest BCUT2D eigenvalue weighted by atomic mass is 9.62. The minimum Gasteiger partial charge on any atom is -0.456 e. The Hall–Kier alpha value is -3.19. The summed E-state index contributed by atoms with van der Waals surface area (Å²) in [7, 11) is 0. The number of ether oxygens (including phenoxy) is 1. The second-order valence-electron chi connectivity index (χ2n) is 14.7. The third-order valence-electron chi connectivity index (χ3n) is 10.5. The lowest BCUT2D eigenvalue weighted by Crippen LogP contribution is -2.43. The van der Waals surface area contributed by atoms with Crippen LogP contribution in [0.5, 0.6) is 0 Å². The van der Waals surface area contributed by atoms with Crippen molar-refractivity contribution in [2.24, 2.45) is 5.92 Å². The van der Waals surface area contributed by atoms with Crippen molar-refractivity contribution in [1.29, 1.82) is 0 Å². The zero-order valence-electron chi connectivity index (χ0n) is 27.3. The van der Waals surface area contributed by atoms with Gasteiger partial charge in [-0.15, -0.1) is 0 Å². The average Bonchev–Trinajstić information content (AvgIpc) is 3.69. The van der Waals surface area contributed by atoms with E-state index < -0.39 is 0 Å². The Kier molecular flexibility index (Phi) is 8.87. The van der Waals surface area contributed by atoms with Crippen LogP contribution in [-0.4, -0.2) is 41.2 Å². The number of anilines is 1. The van der Waals surface area contributed by atoms with Gasteiger partial charge in [0.2, 0.25) is 0 Å². The van der Waals surface area contributed by atoms with E-state index in [1.54, 1.807) is 0 Å². The van der Waals surface area contributed by atoms with Crippen LogP contribution in [0.4, 0.5) is 5.82 Å². The minimum atomic E-state index is -0.133. The van der Waals surface area contributed by atoms with Crippen molar-refractivity contribution in [2.75, 3.05) is 18.5 Å². The first-order valence-corrected chi connectivity index (χ1v) is 16.8. The number of furan rings is 1. The van der Waals surface area contributed by atoms with Crippen LogP contribution in [0.25, 0.3) is 0 Å². The highest BCUT2D eigenvalue weighted by molar-refractivity contribution is 5.91. The van der Waals surface area contributed by atoms with Crippen LogP contribution >= 0.6 is 0 Å². The lowest BCUT2D eigenvalue weighted by molar-refractivity contribution is 0.0875. The molecule has 6 rings (SSSR count). The smallest absolute Gasteiger partial charge is 0.287 e. The largest absolute Gasteiger partial charge is 0.456 e. The maximum atomic E-state index is 13.4. The van der Waals surface area contributed by atoms with Crippen molar-refractivity contribution in [3.05, 3.63) is 76.1 Å². The number of aryl methyl sites for hydroxylation is 1. The van der Waals surface area contributed by atoms with Gasteiger partial charge in [-0.25, -0.2) is 9.97 Å². The van der Waals surface area contributed by atoms with Gasteiger partial charge >= 0.3 is 0 Å². The van der Waals surface area contributed by atoms with Crippen molar-refractivity contribution in [1.82, 2.24) is 15.3 Å². The topological polar surface area (TPSA) is 89.3 Å². The fourth-order valence-electron chi connectivity index (χ4n) is 7.48. The van der Waals surface area contributed by atoms with Gasteiger partial charge in [-0.1, -0.05) is 52.7 Å². The lowest BCUT2D eigenvalue weighted by Gasteiger charge is -2.42. The molecule has 3 unspecified atom stereocenters. The molecule has 1 saturated carbocycles. The van der Waals surface area contributed by atoms with Crippen LogP contribution in [0, 0.1) is 12.8 Å². The van der Waals surface area contributed by atoms with Crippen LogP contribution in [0.15, 0.2) is 40.9 Å². The highest BCUT2D eigenvalue weighted by Crippen LogP contribution is 2.46. The second-order valence-corrected chi connectivity index (χ2v) is 14.7. The summed E-state index contributed by atoms with van der Waals surface area (Å²) in [5.41, 5.74) is 5.84. The molecule has 2 fully saturated rings. The Morgan fingerprint density at radius 3 is 2.52 bits per heavy atom. The van der Waals surface area contributed by atoms with E-state index in [1.165, 1.54) is 35.1 Å². The van der Waals surface area contributed by atoms with Crippen molar-refractivity contribution in [3.8, 4) is 0 Å². The first kappa shape index (κ1) is 30.8. The number of amides is 1. The van der Waals surface area contributed by atoms with Crippen LogP contribution in [0.3, 0.4) is 0 Å². The highest BCUT2D eigenvalue weighted by atomic mass is 16.5. The van der Waals surface area contributed by atoms with E-state index in [2.05, 4.69) is 62.4 Å². The van der Waals surface area contributed by atoms with E-state index >= 15 is 0 Å². The van der Waals surface area contributed by atoms with Crippen LogP contribution in [-0.2, 0) is 28.4 Å². The van der Waals surface area contributed by atoms with E-state index in [9.17, 15) is 4.79 Å². The van der Waals surface area contributed by atoms with E-state index in [0.717, 1.165) is 75.5 Å². The maximum Gasteiger partial charge on any atom is 0.287 e. The Balaban J connectivity index is 1.09. The molecule has 0 bridgehead atoms.